The van der Waals surface area contributed by atoms with E-state index in [2.05, 4.69) is 20.8 Å². The van der Waals surface area contributed by atoms with Gasteiger partial charge >= 0.3 is 0 Å². The molecule has 0 saturated heterocycles. The second-order valence-corrected chi connectivity index (χ2v) is 11.0. The Morgan fingerprint density at radius 3 is 1.66 bits per heavy atom. The van der Waals surface area contributed by atoms with Crippen LogP contribution in [0.5, 0.6) is 0 Å². The summed E-state index contributed by atoms with van der Waals surface area (Å²) in [6, 6.07) is 0. The number of hydrogen-bond donors (Lipinski definition) is 0. The van der Waals surface area contributed by atoms with E-state index in [1.807, 2.05) is 0 Å². The summed E-state index contributed by atoms with van der Waals surface area (Å²) >= 11 is 0. The number of hydrogen-bond acceptors (Lipinski definition) is 2. The van der Waals surface area contributed by atoms with Gasteiger partial charge in [-0.1, -0.05) is 111 Å². The van der Waals surface area contributed by atoms with Gasteiger partial charge in [0, 0.05) is 11.8 Å². The van der Waals surface area contributed by atoms with Crippen molar-refractivity contribution in [3.05, 3.63) is 0 Å². The molecular formula is C30H58O2. The second-order valence-electron chi connectivity index (χ2n) is 11.0. The highest BCUT2D eigenvalue weighted by atomic mass is 16.7. The van der Waals surface area contributed by atoms with Gasteiger partial charge in [-0.2, -0.15) is 0 Å². The molecule has 0 aliphatic heterocycles. The van der Waals surface area contributed by atoms with Crippen molar-refractivity contribution in [1.82, 2.24) is 0 Å². The molecule has 0 N–H and O–H groups in total. The van der Waals surface area contributed by atoms with E-state index < -0.39 is 0 Å². The summed E-state index contributed by atoms with van der Waals surface area (Å²) in [5.41, 5.74) is 0. The Hall–Kier alpha value is -0.0800. The van der Waals surface area contributed by atoms with E-state index in [1.165, 1.54) is 135 Å². The highest BCUT2D eigenvalue weighted by Crippen LogP contribution is 2.49. The summed E-state index contributed by atoms with van der Waals surface area (Å²) in [7, 11) is 0. The van der Waals surface area contributed by atoms with Gasteiger partial charge in [0.15, 0.2) is 5.79 Å². The van der Waals surface area contributed by atoms with Crippen LogP contribution in [0.4, 0.5) is 0 Å². The molecule has 0 aromatic rings. The Bertz CT molecular complexity index is 413. The smallest absolute Gasteiger partial charge is 0.174 e. The normalized spacial score (nSPS) is 20.0. The highest BCUT2D eigenvalue weighted by molar-refractivity contribution is 4.93. The molecule has 0 aromatic carbocycles. The van der Waals surface area contributed by atoms with Crippen molar-refractivity contribution in [3.63, 3.8) is 0 Å². The van der Waals surface area contributed by atoms with E-state index in [9.17, 15) is 0 Å². The first-order valence-corrected chi connectivity index (χ1v) is 15.1. The highest BCUT2D eigenvalue weighted by Gasteiger charge is 2.50. The predicted molar refractivity (Wildman–Crippen MR) is 139 cm³/mol. The van der Waals surface area contributed by atoms with Crippen LogP contribution in [-0.2, 0) is 9.47 Å². The van der Waals surface area contributed by atoms with E-state index >= 15 is 0 Å². The first-order valence-electron chi connectivity index (χ1n) is 15.1. The molecular weight excluding hydrogens is 392 g/mol. The van der Waals surface area contributed by atoms with Crippen LogP contribution in [0.1, 0.15) is 156 Å². The van der Waals surface area contributed by atoms with Crippen molar-refractivity contribution in [2.75, 3.05) is 13.2 Å². The quantitative estimate of drug-likeness (QED) is 0.153. The Morgan fingerprint density at radius 2 is 1.09 bits per heavy atom. The molecule has 0 aromatic heterocycles. The molecule has 0 heterocycles. The summed E-state index contributed by atoms with van der Waals surface area (Å²) in [5, 5.41) is 0. The number of ether oxygens (including phenoxy) is 2. The Kier molecular flexibility index (Phi) is 15.3. The minimum absolute atomic E-state index is 0.309. The Labute approximate surface area is 202 Å². The van der Waals surface area contributed by atoms with Crippen LogP contribution in [0.25, 0.3) is 0 Å². The fourth-order valence-corrected chi connectivity index (χ4v) is 6.50. The van der Waals surface area contributed by atoms with Crippen LogP contribution in [0, 0.1) is 17.8 Å². The van der Waals surface area contributed by atoms with Crippen LogP contribution >= 0.6 is 0 Å². The van der Waals surface area contributed by atoms with Crippen LogP contribution in [-0.4, -0.2) is 19.0 Å². The Balaban J connectivity index is 2.23. The van der Waals surface area contributed by atoms with Crippen molar-refractivity contribution in [2.45, 2.75) is 161 Å². The van der Waals surface area contributed by atoms with Gasteiger partial charge in [-0.05, 0) is 50.9 Å². The minimum atomic E-state index is -0.309. The maximum Gasteiger partial charge on any atom is 0.174 e. The summed E-state index contributed by atoms with van der Waals surface area (Å²) in [6.07, 6.45) is 28.3. The summed E-state index contributed by atoms with van der Waals surface area (Å²) in [4.78, 5) is 0. The molecule has 0 amide bonds. The van der Waals surface area contributed by atoms with Gasteiger partial charge < -0.3 is 9.47 Å². The van der Waals surface area contributed by atoms with Crippen LogP contribution in [0.3, 0.4) is 0 Å². The third-order valence-corrected chi connectivity index (χ3v) is 8.43. The van der Waals surface area contributed by atoms with Gasteiger partial charge in [0.1, 0.15) is 0 Å². The molecule has 2 fully saturated rings. The van der Waals surface area contributed by atoms with Crippen molar-refractivity contribution < 1.29 is 9.47 Å². The van der Waals surface area contributed by atoms with E-state index in [4.69, 9.17) is 9.47 Å². The topological polar surface area (TPSA) is 18.5 Å². The predicted octanol–water partition coefficient (Wildman–Crippen LogP) is 9.84. The zero-order chi connectivity index (χ0) is 22.9. The minimum Gasteiger partial charge on any atom is -0.349 e. The molecule has 2 aliphatic carbocycles. The van der Waals surface area contributed by atoms with Crippen molar-refractivity contribution in [1.29, 1.82) is 0 Å². The van der Waals surface area contributed by atoms with Crippen LogP contribution in [0.15, 0.2) is 0 Å². The summed E-state index contributed by atoms with van der Waals surface area (Å²) < 4.78 is 14.1. The fourth-order valence-electron chi connectivity index (χ4n) is 6.50. The molecule has 2 heteroatoms. The lowest BCUT2D eigenvalue weighted by Crippen LogP contribution is -2.54. The third-order valence-electron chi connectivity index (χ3n) is 8.43. The van der Waals surface area contributed by atoms with Crippen molar-refractivity contribution in [3.8, 4) is 0 Å². The van der Waals surface area contributed by atoms with Gasteiger partial charge in [-0.3, -0.25) is 0 Å². The van der Waals surface area contributed by atoms with E-state index in [-0.39, 0.29) is 5.79 Å². The van der Waals surface area contributed by atoms with Gasteiger partial charge in [-0.15, -0.1) is 0 Å². The van der Waals surface area contributed by atoms with E-state index in [1.54, 1.807) is 0 Å². The summed E-state index contributed by atoms with van der Waals surface area (Å²) in [5.74, 6) is 1.71. The first-order chi connectivity index (χ1) is 15.8. The fraction of sp³-hybridized carbons (Fsp3) is 1.00. The van der Waals surface area contributed by atoms with Gasteiger partial charge in [0.2, 0.25) is 0 Å². The zero-order valence-electron chi connectivity index (χ0n) is 22.3. The van der Waals surface area contributed by atoms with Crippen molar-refractivity contribution in [2.24, 2.45) is 17.8 Å². The SMILES string of the molecule is CCCCCCCCC(C1CCCCC1)C(OCCCC)(OCCCC)C1CCCCC1. The molecule has 0 radical (unpaired) electrons. The molecule has 1 atom stereocenters. The maximum absolute atomic E-state index is 7.04. The van der Waals surface area contributed by atoms with Crippen LogP contribution in [0.2, 0.25) is 0 Å². The van der Waals surface area contributed by atoms with E-state index in [0.29, 0.717) is 11.8 Å². The lowest BCUT2D eigenvalue weighted by molar-refractivity contribution is -0.311. The molecule has 32 heavy (non-hydrogen) atoms. The molecule has 2 aliphatic rings. The zero-order valence-corrected chi connectivity index (χ0v) is 22.3. The maximum atomic E-state index is 7.04. The lowest BCUT2D eigenvalue weighted by Gasteiger charge is -2.50. The molecule has 0 bridgehead atoms. The average Bonchev–Trinajstić information content (AvgIpc) is 2.84. The van der Waals surface area contributed by atoms with Crippen molar-refractivity contribution >= 4 is 0 Å². The number of rotatable bonds is 18. The molecule has 190 valence electrons. The van der Waals surface area contributed by atoms with Gasteiger partial charge in [0.25, 0.3) is 0 Å². The second kappa shape index (κ2) is 17.4. The Morgan fingerprint density at radius 1 is 0.594 bits per heavy atom. The summed E-state index contributed by atoms with van der Waals surface area (Å²) in [6.45, 7) is 8.67. The molecule has 2 nitrogen and oxygen atoms in total. The van der Waals surface area contributed by atoms with Crippen LogP contribution < -0.4 is 0 Å². The van der Waals surface area contributed by atoms with Gasteiger partial charge in [-0.25, -0.2) is 0 Å². The first kappa shape index (κ1) is 28.2. The molecule has 0 spiro atoms. The van der Waals surface area contributed by atoms with E-state index in [0.717, 1.165) is 19.1 Å². The lowest BCUT2D eigenvalue weighted by atomic mass is 9.67. The third kappa shape index (κ3) is 9.28. The molecule has 1 unspecified atom stereocenters. The standard InChI is InChI=1S/C30H58O2/c1-4-7-10-11-12-19-24-29(27-20-15-13-16-21-27)30(31-25-8-5-2,32-26-9-6-3)28-22-17-14-18-23-28/h27-29H,4-26H2,1-3H3. The monoisotopic (exact) mass is 450 g/mol. The molecule has 2 saturated carbocycles. The largest absolute Gasteiger partial charge is 0.349 e. The molecule has 2 rings (SSSR count). The van der Waals surface area contributed by atoms with Gasteiger partial charge in [0.05, 0.1) is 13.2 Å². The average molecular weight is 451 g/mol. The number of unbranched alkanes of at least 4 members (excludes halogenated alkanes) is 7.